The Kier molecular flexibility index (Phi) is 5.94. The second-order valence-corrected chi connectivity index (χ2v) is 8.23. The van der Waals surface area contributed by atoms with Crippen LogP contribution in [0.5, 0.6) is 0 Å². The number of Topliss-reactive ketones (excluding diaryl/α,β-unsaturated/α-hetero) is 1. The van der Waals surface area contributed by atoms with Crippen LogP contribution in [0.1, 0.15) is 48.8 Å². The first-order valence-corrected chi connectivity index (χ1v) is 9.81. The zero-order valence-electron chi connectivity index (χ0n) is 16.2. The number of rotatable bonds is 5. The van der Waals surface area contributed by atoms with Gasteiger partial charge < -0.3 is 14.2 Å². The smallest absolute Gasteiger partial charge is 0.312 e. The number of hydrogen-bond donors (Lipinski definition) is 0. The molecule has 1 spiro atoms. The molecule has 1 saturated heterocycles. The number of halogens is 1. The maximum absolute atomic E-state index is 12.9. The lowest BCUT2D eigenvalue weighted by Crippen LogP contribution is -2.45. The highest BCUT2D eigenvalue weighted by Crippen LogP contribution is 2.47. The molecule has 2 aliphatic rings. The van der Waals surface area contributed by atoms with Crippen molar-refractivity contribution in [2.45, 2.75) is 58.2 Å². The van der Waals surface area contributed by atoms with Gasteiger partial charge in [-0.25, -0.2) is 0 Å². The Morgan fingerprint density at radius 3 is 2.15 bits per heavy atom. The first-order chi connectivity index (χ1) is 12.8. The highest BCUT2D eigenvalue weighted by Gasteiger charge is 2.51. The van der Waals surface area contributed by atoms with Gasteiger partial charge in [-0.3, -0.25) is 9.59 Å². The van der Waals surface area contributed by atoms with E-state index in [0.29, 0.717) is 50.3 Å². The van der Waals surface area contributed by atoms with E-state index in [1.807, 2.05) is 26.0 Å². The fourth-order valence-electron chi connectivity index (χ4n) is 4.42. The molecule has 3 rings (SSSR count). The molecule has 1 aliphatic heterocycles. The number of ether oxygens (including phenoxy) is 3. The predicted octanol–water partition coefficient (Wildman–Crippen LogP) is 3.94. The molecule has 1 heterocycles. The fourth-order valence-corrected chi connectivity index (χ4v) is 4.75. The van der Waals surface area contributed by atoms with Crippen LogP contribution in [0.4, 0.5) is 0 Å². The van der Waals surface area contributed by atoms with Gasteiger partial charge in [-0.1, -0.05) is 11.6 Å². The predicted molar refractivity (Wildman–Crippen MR) is 102 cm³/mol. The zero-order chi connectivity index (χ0) is 19.7. The molecule has 0 radical (unpaired) electrons. The van der Waals surface area contributed by atoms with Crippen LogP contribution in [0.15, 0.2) is 12.1 Å². The van der Waals surface area contributed by atoms with Gasteiger partial charge in [0, 0.05) is 30.7 Å². The van der Waals surface area contributed by atoms with Crippen molar-refractivity contribution in [1.29, 1.82) is 0 Å². The quantitative estimate of drug-likeness (QED) is 0.708. The normalized spacial score (nSPS) is 20.6. The maximum Gasteiger partial charge on any atom is 0.312 e. The molecule has 1 aromatic rings. The van der Waals surface area contributed by atoms with Crippen LogP contribution >= 0.6 is 11.6 Å². The summed E-state index contributed by atoms with van der Waals surface area (Å²) in [4.78, 5) is 25.5. The van der Waals surface area contributed by atoms with Gasteiger partial charge >= 0.3 is 5.97 Å². The third kappa shape index (κ3) is 4.20. The topological polar surface area (TPSA) is 61.8 Å². The van der Waals surface area contributed by atoms with Gasteiger partial charge in [0.05, 0.1) is 25.7 Å². The first-order valence-electron chi connectivity index (χ1n) is 9.43. The van der Waals surface area contributed by atoms with Gasteiger partial charge in [0.2, 0.25) is 0 Å². The number of methoxy groups -OCH3 is 1. The minimum absolute atomic E-state index is 0.0399. The Hall–Kier alpha value is -1.43. The van der Waals surface area contributed by atoms with Gasteiger partial charge in [-0.05, 0) is 55.5 Å². The third-order valence-electron chi connectivity index (χ3n) is 5.97. The molecule has 0 aromatic heterocycles. The monoisotopic (exact) mass is 394 g/mol. The van der Waals surface area contributed by atoms with Crippen molar-refractivity contribution in [1.82, 2.24) is 0 Å². The Balaban J connectivity index is 1.74. The average molecular weight is 395 g/mol. The number of esters is 1. The largest absolute Gasteiger partial charge is 0.469 e. The number of hydrogen-bond acceptors (Lipinski definition) is 5. The number of ketones is 1. The van der Waals surface area contributed by atoms with E-state index >= 15 is 0 Å². The van der Waals surface area contributed by atoms with Crippen molar-refractivity contribution in [2.75, 3.05) is 20.3 Å². The van der Waals surface area contributed by atoms with E-state index in [0.717, 1.165) is 16.7 Å². The summed E-state index contributed by atoms with van der Waals surface area (Å²) >= 11 is 6.09. The summed E-state index contributed by atoms with van der Waals surface area (Å²) in [6.45, 7) is 5.08. The van der Waals surface area contributed by atoms with Crippen LogP contribution in [0, 0.1) is 19.3 Å². The van der Waals surface area contributed by atoms with E-state index < -0.39 is 11.2 Å². The molecule has 1 aliphatic carbocycles. The van der Waals surface area contributed by atoms with Crippen LogP contribution in [0.25, 0.3) is 0 Å². The van der Waals surface area contributed by atoms with Crippen molar-refractivity contribution in [3.63, 3.8) is 0 Å². The van der Waals surface area contributed by atoms with Crippen molar-refractivity contribution in [3.05, 3.63) is 33.8 Å². The standard InChI is InChI=1S/C21H27ClO5/c1-14-10-16(22)11-15(2)18(14)12-17(23)13-20(19(24)25-3)4-6-21(7-5-20)26-8-9-27-21/h10-11H,4-9,12-13H2,1-3H3. The number of aryl methyl sites for hydroxylation is 2. The molecule has 0 atom stereocenters. The second-order valence-electron chi connectivity index (χ2n) is 7.79. The highest BCUT2D eigenvalue weighted by atomic mass is 35.5. The van der Waals surface area contributed by atoms with Crippen molar-refractivity contribution in [3.8, 4) is 0 Å². The lowest BCUT2D eigenvalue weighted by Gasteiger charge is -2.41. The molecule has 6 heteroatoms. The van der Waals surface area contributed by atoms with Crippen molar-refractivity contribution in [2.24, 2.45) is 5.41 Å². The van der Waals surface area contributed by atoms with E-state index in [4.69, 9.17) is 25.8 Å². The van der Waals surface area contributed by atoms with Crippen LogP contribution in [0.3, 0.4) is 0 Å². The summed E-state index contributed by atoms with van der Waals surface area (Å²) in [6, 6.07) is 3.73. The van der Waals surface area contributed by atoms with E-state index in [1.165, 1.54) is 7.11 Å². The summed E-state index contributed by atoms with van der Waals surface area (Å²) in [6.07, 6.45) is 2.75. The Morgan fingerprint density at radius 1 is 1.07 bits per heavy atom. The van der Waals surface area contributed by atoms with E-state index in [2.05, 4.69) is 0 Å². The van der Waals surface area contributed by atoms with Crippen LogP contribution < -0.4 is 0 Å². The molecule has 0 amide bonds. The van der Waals surface area contributed by atoms with Crippen molar-refractivity contribution >= 4 is 23.4 Å². The van der Waals surface area contributed by atoms with E-state index in [9.17, 15) is 9.59 Å². The molecule has 27 heavy (non-hydrogen) atoms. The molecule has 2 fully saturated rings. The molecule has 1 saturated carbocycles. The summed E-state index contributed by atoms with van der Waals surface area (Å²) in [5, 5.41) is 0.668. The Morgan fingerprint density at radius 2 is 1.63 bits per heavy atom. The van der Waals surface area contributed by atoms with Crippen LogP contribution in [-0.2, 0) is 30.2 Å². The molecule has 148 valence electrons. The molecule has 0 unspecified atom stereocenters. The van der Waals surface area contributed by atoms with Gasteiger partial charge in [-0.2, -0.15) is 0 Å². The zero-order valence-corrected chi connectivity index (χ0v) is 17.0. The number of carbonyl (C=O) groups is 2. The SMILES string of the molecule is COC(=O)C1(CC(=O)Cc2c(C)cc(Cl)cc2C)CCC2(CC1)OCCO2. The lowest BCUT2D eigenvalue weighted by atomic mass is 9.68. The highest BCUT2D eigenvalue weighted by molar-refractivity contribution is 6.30. The van der Waals surface area contributed by atoms with E-state index in [1.54, 1.807) is 0 Å². The minimum atomic E-state index is -0.791. The lowest BCUT2D eigenvalue weighted by molar-refractivity contribution is -0.199. The molecular formula is C21H27ClO5. The summed E-state index contributed by atoms with van der Waals surface area (Å²) in [5.41, 5.74) is 2.19. The van der Waals surface area contributed by atoms with E-state index in [-0.39, 0.29) is 18.2 Å². The Bertz CT molecular complexity index is 703. The number of benzene rings is 1. The van der Waals surface area contributed by atoms with Gasteiger partial charge in [0.1, 0.15) is 5.78 Å². The molecule has 0 bridgehead atoms. The van der Waals surface area contributed by atoms with Gasteiger partial charge in [-0.15, -0.1) is 0 Å². The summed E-state index contributed by atoms with van der Waals surface area (Å²) in [7, 11) is 1.38. The Labute approximate surface area is 165 Å². The number of carbonyl (C=O) groups excluding carboxylic acids is 2. The minimum Gasteiger partial charge on any atom is -0.469 e. The molecule has 0 N–H and O–H groups in total. The summed E-state index contributed by atoms with van der Waals surface area (Å²) < 4.78 is 16.6. The summed E-state index contributed by atoms with van der Waals surface area (Å²) in [5.74, 6) is -0.851. The second kappa shape index (κ2) is 7.90. The molecular weight excluding hydrogens is 368 g/mol. The van der Waals surface area contributed by atoms with Crippen molar-refractivity contribution < 1.29 is 23.8 Å². The van der Waals surface area contributed by atoms with Crippen LogP contribution in [-0.4, -0.2) is 37.9 Å². The van der Waals surface area contributed by atoms with Gasteiger partial charge in [0.15, 0.2) is 5.79 Å². The third-order valence-corrected chi connectivity index (χ3v) is 6.19. The maximum atomic E-state index is 12.9. The molecule has 1 aromatic carbocycles. The van der Waals surface area contributed by atoms with Gasteiger partial charge in [0.25, 0.3) is 0 Å². The fraction of sp³-hybridized carbons (Fsp3) is 0.619. The first kappa shape index (κ1) is 20.3. The van der Waals surface area contributed by atoms with Crippen LogP contribution in [0.2, 0.25) is 5.02 Å². The average Bonchev–Trinajstić information content (AvgIpc) is 3.08. The molecule has 5 nitrogen and oxygen atoms in total.